The van der Waals surface area contributed by atoms with E-state index < -0.39 is 0 Å². The van der Waals surface area contributed by atoms with Crippen molar-refractivity contribution in [3.05, 3.63) is 34.3 Å². The Kier molecular flexibility index (Phi) is 2.70. The van der Waals surface area contributed by atoms with Crippen LogP contribution in [0.1, 0.15) is 12.5 Å². The number of rotatable bonds is 1. The van der Waals surface area contributed by atoms with Gasteiger partial charge < -0.3 is 5.32 Å². The highest BCUT2D eigenvalue weighted by Crippen LogP contribution is 2.28. The molecule has 15 heavy (non-hydrogen) atoms. The Labute approximate surface area is 103 Å². The molecule has 80 valence electrons. The van der Waals surface area contributed by atoms with E-state index in [1.54, 1.807) is 0 Å². The number of nitrogens with zero attached hydrogens (tertiary/aromatic N) is 1. The molecule has 1 fully saturated rings. The van der Waals surface area contributed by atoms with Gasteiger partial charge in [0.05, 0.1) is 0 Å². The van der Waals surface area contributed by atoms with Gasteiger partial charge in [-0.05, 0) is 25.2 Å². The number of halogens is 1. The van der Waals surface area contributed by atoms with Crippen LogP contribution < -0.4 is 10.7 Å². The van der Waals surface area contributed by atoms with Crippen LogP contribution in [0.5, 0.6) is 0 Å². The van der Waals surface area contributed by atoms with Gasteiger partial charge in [-0.15, -0.1) is 0 Å². The Hall–Kier alpha value is -0.650. The molecule has 1 heterocycles. The molecule has 2 rings (SSSR count). The third kappa shape index (κ3) is 1.87. The number of thiocarbonyl (C=S) groups is 1. The molecule has 5 heteroatoms. The third-order valence-corrected chi connectivity index (χ3v) is 3.53. The van der Waals surface area contributed by atoms with E-state index in [1.165, 1.54) is 0 Å². The number of hydrogen-bond acceptors (Lipinski definition) is 2. The quantitative estimate of drug-likeness (QED) is 0.772. The van der Waals surface area contributed by atoms with Crippen molar-refractivity contribution < 1.29 is 0 Å². The Bertz CT molecular complexity index is 409. The van der Waals surface area contributed by atoms with Gasteiger partial charge in [0.25, 0.3) is 0 Å². The summed E-state index contributed by atoms with van der Waals surface area (Å²) in [5.74, 6) is 0. The molecule has 0 saturated carbocycles. The van der Waals surface area contributed by atoms with Crippen molar-refractivity contribution in [3.8, 4) is 0 Å². The summed E-state index contributed by atoms with van der Waals surface area (Å²) >= 11 is 8.71. The Morgan fingerprint density at radius 3 is 2.60 bits per heavy atom. The minimum absolute atomic E-state index is 0.341. The Morgan fingerprint density at radius 1 is 1.40 bits per heavy atom. The fraction of sp³-hybridized carbons (Fsp3) is 0.300. The van der Waals surface area contributed by atoms with E-state index >= 15 is 0 Å². The van der Waals surface area contributed by atoms with Crippen molar-refractivity contribution in [3.63, 3.8) is 0 Å². The third-order valence-electron chi connectivity index (χ3n) is 2.47. The summed E-state index contributed by atoms with van der Waals surface area (Å²) in [5, 5.41) is 5.77. The van der Waals surface area contributed by atoms with Gasteiger partial charge in [0.1, 0.15) is 5.66 Å². The van der Waals surface area contributed by atoms with Crippen molar-refractivity contribution in [2.24, 2.45) is 0 Å². The molecule has 0 radical (unpaired) electrons. The van der Waals surface area contributed by atoms with E-state index in [-0.39, 0.29) is 5.66 Å². The molecule has 0 aromatic heterocycles. The lowest BCUT2D eigenvalue weighted by Gasteiger charge is -2.26. The van der Waals surface area contributed by atoms with Gasteiger partial charge in [-0.25, -0.2) is 5.43 Å². The highest BCUT2D eigenvalue weighted by Gasteiger charge is 2.36. The van der Waals surface area contributed by atoms with Crippen LogP contribution >= 0.6 is 28.1 Å². The maximum absolute atomic E-state index is 5.17. The van der Waals surface area contributed by atoms with Gasteiger partial charge in [0.15, 0.2) is 5.11 Å². The van der Waals surface area contributed by atoms with Gasteiger partial charge >= 0.3 is 0 Å². The van der Waals surface area contributed by atoms with Crippen LogP contribution in [0.2, 0.25) is 0 Å². The maximum atomic E-state index is 5.17. The lowest BCUT2D eigenvalue weighted by Crippen LogP contribution is -2.45. The van der Waals surface area contributed by atoms with E-state index in [2.05, 4.69) is 39.7 Å². The molecular formula is C10H12BrN3S. The highest BCUT2D eigenvalue weighted by atomic mass is 79.9. The van der Waals surface area contributed by atoms with Crippen molar-refractivity contribution >= 4 is 33.3 Å². The van der Waals surface area contributed by atoms with Crippen molar-refractivity contribution in [1.82, 2.24) is 15.8 Å². The van der Waals surface area contributed by atoms with E-state index in [9.17, 15) is 0 Å². The normalized spacial score (nSPS) is 25.5. The Morgan fingerprint density at radius 2 is 2.07 bits per heavy atom. The second-order valence-corrected chi connectivity index (χ2v) is 4.95. The number of nitrogens with one attached hydrogen (secondary N) is 2. The molecule has 1 saturated heterocycles. The molecule has 0 spiro atoms. The number of hydrazine groups is 1. The molecule has 1 aromatic rings. The lowest BCUT2D eigenvalue weighted by molar-refractivity contribution is 0.265. The standard InChI is InChI=1S/C10H12BrN3S/c1-10(12-9(15)14(2)13-10)7-5-3-4-6-8(7)11/h3-6,13H,1-2H3,(H,12,15)/t10-/m1/s1. The summed E-state index contributed by atoms with van der Waals surface area (Å²) in [6.45, 7) is 2.06. The average Bonchev–Trinajstić information content (AvgIpc) is 2.42. The maximum Gasteiger partial charge on any atom is 0.185 e. The predicted octanol–water partition coefficient (Wildman–Crippen LogP) is 1.95. The molecule has 1 aliphatic rings. The summed E-state index contributed by atoms with van der Waals surface area (Å²) in [6.07, 6.45) is 0. The fourth-order valence-corrected chi connectivity index (χ4v) is 2.64. The van der Waals surface area contributed by atoms with Gasteiger partial charge in [0, 0.05) is 17.1 Å². The average molecular weight is 286 g/mol. The first-order valence-corrected chi connectivity index (χ1v) is 5.82. The van der Waals surface area contributed by atoms with Crippen LogP contribution in [-0.2, 0) is 5.66 Å². The SMILES string of the molecule is CN1N[C@](C)(c2ccccc2Br)NC1=S. The second kappa shape index (κ2) is 3.73. The van der Waals surface area contributed by atoms with Crippen molar-refractivity contribution in [2.75, 3.05) is 7.05 Å². The van der Waals surface area contributed by atoms with Crippen LogP contribution in [0.25, 0.3) is 0 Å². The van der Waals surface area contributed by atoms with Crippen LogP contribution in [0.3, 0.4) is 0 Å². The van der Waals surface area contributed by atoms with Gasteiger partial charge in [-0.3, -0.25) is 5.01 Å². The van der Waals surface area contributed by atoms with Gasteiger partial charge in [0.2, 0.25) is 0 Å². The number of hydrogen-bond donors (Lipinski definition) is 2. The van der Waals surface area contributed by atoms with Crippen LogP contribution in [-0.4, -0.2) is 17.2 Å². The summed E-state index contributed by atoms with van der Waals surface area (Å²) in [4.78, 5) is 0. The molecule has 0 bridgehead atoms. The summed E-state index contributed by atoms with van der Waals surface area (Å²) in [7, 11) is 1.90. The zero-order valence-electron chi connectivity index (χ0n) is 8.54. The summed E-state index contributed by atoms with van der Waals surface area (Å²) in [6, 6.07) is 8.08. The topological polar surface area (TPSA) is 27.3 Å². The smallest absolute Gasteiger partial charge is 0.185 e. The van der Waals surface area contributed by atoms with Crippen molar-refractivity contribution in [1.29, 1.82) is 0 Å². The zero-order chi connectivity index (χ0) is 11.1. The molecule has 2 N–H and O–H groups in total. The van der Waals surface area contributed by atoms with Crippen LogP contribution in [0, 0.1) is 0 Å². The van der Waals surface area contributed by atoms with Crippen LogP contribution in [0.15, 0.2) is 28.7 Å². The molecule has 1 aromatic carbocycles. The van der Waals surface area contributed by atoms with E-state index in [0.29, 0.717) is 5.11 Å². The lowest BCUT2D eigenvalue weighted by atomic mass is 10.0. The predicted molar refractivity (Wildman–Crippen MR) is 68.1 cm³/mol. The molecule has 1 aliphatic heterocycles. The first-order chi connectivity index (χ1) is 7.03. The minimum Gasteiger partial charge on any atom is -0.338 e. The van der Waals surface area contributed by atoms with Gasteiger partial charge in [-0.1, -0.05) is 34.1 Å². The van der Waals surface area contributed by atoms with E-state index in [0.717, 1.165) is 10.0 Å². The van der Waals surface area contributed by atoms with E-state index in [1.807, 2.05) is 30.3 Å². The number of benzene rings is 1. The molecule has 0 amide bonds. The monoisotopic (exact) mass is 285 g/mol. The van der Waals surface area contributed by atoms with Gasteiger partial charge in [-0.2, -0.15) is 0 Å². The minimum atomic E-state index is -0.341. The molecule has 1 atom stereocenters. The first kappa shape index (κ1) is 10.9. The summed E-state index contributed by atoms with van der Waals surface area (Å²) < 4.78 is 1.06. The molecular weight excluding hydrogens is 274 g/mol. The second-order valence-electron chi connectivity index (χ2n) is 3.71. The van der Waals surface area contributed by atoms with Crippen LogP contribution in [0.4, 0.5) is 0 Å². The molecule has 3 nitrogen and oxygen atoms in total. The first-order valence-electron chi connectivity index (χ1n) is 4.61. The molecule has 0 aliphatic carbocycles. The fourth-order valence-electron chi connectivity index (χ4n) is 1.71. The molecule has 0 unspecified atom stereocenters. The Balaban J connectivity index is 2.40. The van der Waals surface area contributed by atoms with Crippen molar-refractivity contribution in [2.45, 2.75) is 12.6 Å². The summed E-state index contributed by atoms with van der Waals surface area (Å²) in [5.41, 5.74) is 4.08. The zero-order valence-corrected chi connectivity index (χ0v) is 10.9. The van der Waals surface area contributed by atoms with E-state index in [4.69, 9.17) is 12.2 Å². The highest BCUT2D eigenvalue weighted by molar-refractivity contribution is 9.10. The largest absolute Gasteiger partial charge is 0.338 e.